The lowest BCUT2D eigenvalue weighted by atomic mass is 9.97. The molecule has 9 heteroatoms. The highest BCUT2D eigenvalue weighted by Crippen LogP contribution is 2.39. The summed E-state index contributed by atoms with van der Waals surface area (Å²) in [6.07, 6.45) is 4.22. The SMILES string of the molecule is O=S(=O)(Nc1nc(CN2CCOCC2)nc2sc3c(c12)CCCC3)c1ccc2ccccc2c1. The maximum atomic E-state index is 13.5. The van der Waals surface area contributed by atoms with E-state index in [9.17, 15) is 8.42 Å². The molecule has 7 nitrogen and oxygen atoms in total. The summed E-state index contributed by atoms with van der Waals surface area (Å²) in [5.41, 5.74) is 1.21. The number of thiophene rings is 1. The van der Waals surface area contributed by atoms with Gasteiger partial charge in [-0.15, -0.1) is 11.3 Å². The predicted octanol–water partition coefficient (Wildman–Crippen LogP) is 4.36. The van der Waals surface area contributed by atoms with Crippen molar-refractivity contribution >= 4 is 48.2 Å². The zero-order valence-electron chi connectivity index (χ0n) is 18.8. The van der Waals surface area contributed by atoms with Gasteiger partial charge in [0.25, 0.3) is 10.0 Å². The quantitative estimate of drug-likeness (QED) is 0.444. The summed E-state index contributed by atoms with van der Waals surface area (Å²) < 4.78 is 35.3. The Hall–Kier alpha value is -2.59. The van der Waals surface area contributed by atoms with Gasteiger partial charge in [0.1, 0.15) is 10.7 Å². The van der Waals surface area contributed by atoms with Gasteiger partial charge in [0, 0.05) is 18.0 Å². The normalized spacial score (nSPS) is 17.2. The molecular weight excluding hydrogens is 468 g/mol. The Kier molecular flexibility index (Phi) is 5.73. The Bertz CT molecular complexity index is 1480. The van der Waals surface area contributed by atoms with Crippen LogP contribution in [-0.2, 0) is 34.1 Å². The van der Waals surface area contributed by atoms with Crippen LogP contribution < -0.4 is 4.72 Å². The van der Waals surface area contributed by atoms with Crippen LogP contribution in [0.15, 0.2) is 47.4 Å². The van der Waals surface area contributed by atoms with Crippen LogP contribution >= 0.6 is 11.3 Å². The van der Waals surface area contributed by atoms with Crippen LogP contribution in [0.5, 0.6) is 0 Å². The van der Waals surface area contributed by atoms with Gasteiger partial charge in [-0.2, -0.15) is 0 Å². The third-order valence-electron chi connectivity index (χ3n) is 6.59. The first-order valence-corrected chi connectivity index (χ1v) is 14.0. The van der Waals surface area contributed by atoms with Gasteiger partial charge < -0.3 is 4.74 Å². The van der Waals surface area contributed by atoms with E-state index in [-0.39, 0.29) is 4.90 Å². The molecule has 0 bridgehead atoms. The molecule has 3 heterocycles. The van der Waals surface area contributed by atoms with Crippen molar-refractivity contribution < 1.29 is 13.2 Å². The molecule has 0 radical (unpaired) electrons. The van der Waals surface area contributed by atoms with Crippen molar-refractivity contribution in [3.05, 3.63) is 58.7 Å². The number of benzene rings is 2. The van der Waals surface area contributed by atoms with Crippen molar-refractivity contribution in [2.75, 3.05) is 31.0 Å². The molecule has 6 rings (SSSR count). The molecule has 0 spiro atoms. The van der Waals surface area contributed by atoms with Crippen molar-refractivity contribution in [2.24, 2.45) is 0 Å². The fourth-order valence-corrected chi connectivity index (χ4v) is 7.16. The Morgan fingerprint density at radius 2 is 1.79 bits per heavy atom. The second-order valence-electron chi connectivity index (χ2n) is 8.88. The van der Waals surface area contributed by atoms with Gasteiger partial charge in [-0.3, -0.25) is 9.62 Å². The lowest BCUT2D eigenvalue weighted by Crippen LogP contribution is -2.36. The number of rotatable bonds is 5. The molecule has 4 aromatic rings. The van der Waals surface area contributed by atoms with Gasteiger partial charge in [-0.25, -0.2) is 18.4 Å². The first-order chi connectivity index (χ1) is 16.6. The maximum absolute atomic E-state index is 13.5. The largest absolute Gasteiger partial charge is 0.379 e. The molecule has 1 saturated heterocycles. The number of hydrogen-bond acceptors (Lipinski definition) is 7. The molecule has 176 valence electrons. The Labute approximate surface area is 202 Å². The van der Waals surface area contributed by atoms with Crippen LogP contribution in [0.3, 0.4) is 0 Å². The van der Waals surface area contributed by atoms with Gasteiger partial charge in [-0.05, 0) is 54.2 Å². The molecule has 2 aromatic carbocycles. The molecule has 1 aliphatic carbocycles. The minimum absolute atomic E-state index is 0.233. The van der Waals surface area contributed by atoms with Crippen LogP contribution in [0.25, 0.3) is 21.0 Å². The summed E-state index contributed by atoms with van der Waals surface area (Å²) in [5.74, 6) is 1.05. The number of fused-ring (bicyclic) bond motifs is 4. The molecule has 1 N–H and O–H groups in total. The molecule has 2 aromatic heterocycles. The minimum atomic E-state index is -3.82. The standard InChI is InChI=1S/C25H26N4O3S2/c30-34(31,19-10-9-17-5-1-2-6-18(17)15-19)28-24-23-20-7-3-4-8-21(20)33-25(23)27-22(26-24)16-29-11-13-32-14-12-29/h1-2,5-6,9-10,15H,3-4,7-8,11-14,16H2,(H,26,27,28). The zero-order valence-corrected chi connectivity index (χ0v) is 20.4. The zero-order chi connectivity index (χ0) is 23.1. The summed E-state index contributed by atoms with van der Waals surface area (Å²) in [5, 5.41) is 2.76. The lowest BCUT2D eigenvalue weighted by molar-refractivity contribution is 0.0331. The molecule has 0 unspecified atom stereocenters. The average molecular weight is 495 g/mol. The second-order valence-corrected chi connectivity index (χ2v) is 11.6. The smallest absolute Gasteiger partial charge is 0.263 e. The molecule has 1 aliphatic heterocycles. The number of hydrogen-bond donors (Lipinski definition) is 1. The monoisotopic (exact) mass is 494 g/mol. The van der Waals surface area contributed by atoms with E-state index in [1.165, 1.54) is 10.4 Å². The minimum Gasteiger partial charge on any atom is -0.379 e. The average Bonchev–Trinajstić information content (AvgIpc) is 3.23. The summed E-state index contributed by atoms with van der Waals surface area (Å²) in [6, 6.07) is 13.0. The molecule has 0 atom stereocenters. The van der Waals surface area contributed by atoms with E-state index < -0.39 is 10.0 Å². The predicted molar refractivity (Wildman–Crippen MR) is 135 cm³/mol. The molecule has 0 amide bonds. The van der Waals surface area contributed by atoms with Crippen LogP contribution in [0.4, 0.5) is 5.82 Å². The lowest BCUT2D eigenvalue weighted by Gasteiger charge is -2.25. The van der Waals surface area contributed by atoms with E-state index in [2.05, 4.69) is 9.62 Å². The molecule has 0 saturated carbocycles. The fraction of sp³-hybridized carbons (Fsp3) is 0.360. The first kappa shape index (κ1) is 21.9. The third kappa shape index (κ3) is 4.17. The number of anilines is 1. The van der Waals surface area contributed by atoms with Gasteiger partial charge in [0.15, 0.2) is 5.82 Å². The highest BCUT2D eigenvalue weighted by Gasteiger charge is 2.25. The number of ether oxygens (including phenoxy) is 1. The van der Waals surface area contributed by atoms with E-state index in [4.69, 9.17) is 14.7 Å². The van der Waals surface area contributed by atoms with Crippen molar-refractivity contribution in [2.45, 2.75) is 37.1 Å². The summed E-state index contributed by atoms with van der Waals surface area (Å²) in [6.45, 7) is 3.60. The van der Waals surface area contributed by atoms with Crippen LogP contribution in [0.1, 0.15) is 29.1 Å². The maximum Gasteiger partial charge on any atom is 0.263 e. The highest BCUT2D eigenvalue weighted by atomic mass is 32.2. The highest BCUT2D eigenvalue weighted by molar-refractivity contribution is 7.92. The van der Waals surface area contributed by atoms with Gasteiger partial charge >= 0.3 is 0 Å². The van der Waals surface area contributed by atoms with Crippen molar-refractivity contribution in [1.82, 2.24) is 14.9 Å². The number of nitrogens with zero attached hydrogens (tertiary/aromatic N) is 3. The molecule has 34 heavy (non-hydrogen) atoms. The number of nitrogens with one attached hydrogen (secondary N) is 1. The number of aromatic nitrogens is 2. The number of aryl methyl sites for hydroxylation is 2. The molecular formula is C25H26N4O3S2. The van der Waals surface area contributed by atoms with Crippen LogP contribution in [0, 0.1) is 0 Å². The van der Waals surface area contributed by atoms with Crippen LogP contribution in [0.2, 0.25) is 0 Å². The van der Waals surface area contributed by atoms with Crippen molar-refractivity contribution in [1.29, 1.82) is 0 Å². The Morgan fingerprint density at radius 3 is 2.65 bits per heavy atom. The van der Waals surface area contributed by atoms with Crippen LogP contribution in [-0.4, -0.2) is 49.6 Å². The molecule has 2 aliphatic rings. The number of morpholine rings is 1. The van der Waals surface area contributed by atoms with E-state index in [0.717, 1.165) is 59.8 Å². The summed E-state index contributed by atoms with van der Waals surface area (Å²) in [4.78, 5) is 14.3. The second kappa shape index (κ2) is 8.88. The Morgan fingerprint density at radius 1 is 1.00 bits per heavy atom. The topological polar surface area (TPSA) is 84.4 Å². The van der Waals surface area contributed by atoms with Gasteiger partial charge in [-0.1, -0.05) is 30.3 Å². The first-order valence-electron chi connectivity index (χ1n) is 11.7. The van der Waals surface area contributed by atoms with E-state index in [1.54, 1.807) is 23.5 Å². The third-order valence-corrected chi connectivity index (χ3v) is 9.11. The summed E-state index contributed by atoms with van der Waals surface area (Å²) >= 11 is 1.68. The van der Waals surface area contributed by atoms with E-state index >= 15 is 0 Å². The number of sulfonamides is 1. The Balaban J connectivity index is 1.42. The van der Waals surface area contributed by atoms with Gasteiger partial charge in [0.2, 0.25) is 0 Å². The van der Waals surface area contributed by atoms with E-state index in [0.29, 0.717) is 31.4 Å². The molecule has 1 fully saturated rings. The van der Waals surface area contributed by atoms with Gasteiger partial charge in [0.05, 0.1) is 30.0 Å². The summed E-state index contributed by atoms with van der Waals surface area (Å²) in [7, 11) is -3.82. The van der Waals surface area contributed by atoms with Crippen molar-refractivity contribution in [3.63, 3.8) is 0 Å². The van der Waals surface area contributed by atoms with Crippen molar-refractivity contribution in [3.8, 4) is 0 Å². The van der Waals surface area contributed by atoms with E-state index in [1.807, 2.05) is 30.3 Å². The fourth-order valence-electron chi connectivity index (χ4n) is 4.83.